The van der Waals surface area contributed by atoms with E-state index >= 15 is 0 Å². The van der Waals surface area contributed by atoms with Gasteiger partial charge < -0.3 is 0 Å². The summed E-state index contributed by atoms with van der Waals surface area (Å²) in [5.41, 5.74) is 2.92. The number of hydrogen-bond acceptors (Lipinski definition) is 4. The molecule has 30 heavy (non-hydrogen) atoms. The van der Waals surface area contributed by atoms with Crippen molar-refractivity contribution in [3.05, 3.63) is 68.7 Å². The van der Waals surface area contributed by atoms with Gasteiger partial charge in [-0.2, -0.15) is 4.31 Å². The Morgan fingerprint density at radius 1 is 1.07 bits per heavy atom. The van der Waals surface area contributed by atoms with Crippen molar-refractivity contribution in [2.75, 3.05) is 13.1 Å². The number of hydrogen-bond donors (Lipinski definition) is 0. The van der Waals surface area contributed by atoms with Gasteiger partial charge in [-0.15, -0.1) is 0 Å². The molecule has 0 aliphatic carbocycles. The van der Waals surface area contributed by atoms with Gasteiger partial charge >= 0.3 is 0 Å². The van der Waals surface area contributed by atoms with E-state index < -0.39 is 10.0 Å². The first-order chi connectivity index (χ1) is 14.2. The molecule has 1 aliphatic rings. The smallest absolute Gasteiger partial charge is 0.261 e. The van der Waals surface area contributed by atoms with Crippen LogP contribution < -0.4 is 5.56 Å². The summed E-state index contributed by atoms with van der Waals surface area (Å²) < 4.78 is 29.7. The molecule has 1 saturated heterocycles. The molecular formula is C22H24ClN3O3S. The summed E-state index contributed by atoms with van der Waals surface area (Å²) in [5, 5.41) is 0.924. The molecule has 3 aromatic rings. The van der Waals surface area contributed by atoms with Crippen LogP contribution in [0, 0.1) is 20.8 Å². The van der Waals surface area contributed by atoms with Crippen LogP contribution in [-0.4, -0.2) is 35.4 Å². The van der Waals surface area contributed by atoms with E-state index in [0.29, 0.717) is 46.8 Å². The van der Waals surface area contributed by atoms with Crippen molar-refractivity contribution < 1.29 is 8.42 Å². The molecule has 1 aliphatic heterocycles. The van der Waals surface area contributed by atoms with Crippen molar-refractivity contribution in [3.63, 3.8) is 0 Å². The Hall–Kier alpha value is -2.22. The van der Waals surface area contributed by atoms with Crippen molar-refractivity contribution in [1.82, 2.24) is 13.9 Å². The van der Waals surface area contributed by atoms with Crippen LogP contribution in [0.5, 0.6) is 0 Å². The van der Waals surface area contributed by atoms with Crippen LogP contribution in [-0.2, 0) is 10.0 Å². The Labute approximate surface area is 181 Å². The van der Waals surface area contributed by atoms with Gasteiger partial charge in [0.2, 0.25) is 10.0 Å². The lowest BCUT2D eigenvalue weighted by Gasteiger charge is -2.32. The van der Waals surface area contributed by atoms with Gasteiger partial charge in [-0.3, -0.25) is 9.36 Å². The average molecular weight is 446 g/mol. The highest BCUT2D eigenvalue weighted by Gasteiger charge is 2.32. The van der Waals surface area contributed by atoms with Gasteiger partial charge in [-0.05, 0) is 56.9 Å². The lowest BCUT2D eigenvalue weighted by atomic mass is 10.1. The third-order valence-electron chi connectivity index (χ3n) is 5.78. The summed E-state index contributed by atoms with van der Waals surface area (Å²) in [4.78, 5) is 17.7. The van der Waals surface area contributed by atoms with Crippen molar-refractivity contribution in [1.29, 1.82) is 0 Å². The lowest BCUT2D eigenvalue weighted by Crippen LogP contribution is -2.41. The Bertz CT molecular complexity index is 1270. The highest BCUT2D eigenvalue weighted by Crippen LogP contribution is 2.30. The topological polar surface area (TPSA) is 72.3 Å². The molecule has 0 unspecified atom stereocenters. The van der Waals surface area contributed by atoms with E-state index in [0.717, 1.165) is 16.7 Å². The van der Waals surface area contributed by atoms with Gasteiger partial charge in [0.05, 0.1) is 27.1 Å². The number of aromatic nitrogens is 2. The van der Waals surface area contributed by atoms with Gasteiger partial charge in [0.15, 0.2) is 0 Å². The van der Waals surface area contributed by atoms with Crippen LogP contribution in [0.2, 0.25) is 5.02 Å². The number of fused-ring (bicyclic) bond motifs is 1. The fourth-order valence-corrected chi connectivity index (χ4v) is 6.56. The lowest BCUT2D eigenvalue weighted by molar-refractivity contribution is 0.269. The van der Waals surface area contributed by atoms with Gasteiger partial charge in [-0.1, -0.05) is 35.4 Å². The fraction of sp³-hybridized carbons (Fsp3) is 0.364. The molecule has 0 atom stereocenters. The zero-order valence-electron chi connectivity index (χ0n) is 17.2. The zero-order valence-corrected chi connectivity index (χ0v) is 18.8. The van der Waals surface area contributed by atoms with E-state index in [2.05, 4.69) is 4.98 Å². The van der Waals surface area contributed by atoms with Gasteiger partial charge in [0.1, 0.15) is 0 Å². The molecule has 2 heterocycles. The minimum atomic E-state index is -3.58. The highest BCUT2D eigenvalue weighted by molar-refractivity contribution is 7.89. The van der Waals surface area contributed by atoms with Gasteiger partial charge in [-0.25, -0.2) is 13.4 Å². The van der Waals surface area contributed by atoms with E-state index in [4.69, 9.17) is 11.6 Å². The second-order valence-corrected chi connectivity index (χ2v) is 10.2. The minimum absolute atomic E-state index is 0.0972. The van der Waals surface area contributed by atoms with Crippen LogP contribution in [0.4, 0.5) is 0 Å². The number of nitrogens with zero attached hydrogens (tertiary/aromatic N) is 3. The molecule has 1 aromatic heterocycles. The summed E-state index contributed by atoms with van der Waals surface area (Å²) in [5.74, 6) is 0. The molecule has 8 heteroatoms. The van der Waals surface area contributed by atoms with Crippen molar-refractivity contribution in [2.24, 2.45) is 0 Å². The molecule has 1 fully saturated rings. The zero-order chi connectivity index (χ0) is 21.6. The van der Waals surface area contributed by atoms with Crippen LogP contribution in [0.15, 0.2) is 46.3 Å². The number of piperidine rings is 1. The highest BCUT2D eigenvalue weighted by atomic mass is 35.5. The summed E-state index contributed by atoms with van der Waals surface area (Å²) in [6.07, 6.45) is 2.63. The maximum Gasteiger partial charge on any atom is 0.261 e. The Morgan fingerprint density at radius 2 is 1.70 bits per heavy atom. The first-order valence-corrected chi connectivity index (χ1v) is 11.8. The summed E-state index contributed by atoms with van der Waals surface area (Å²) in [6, 6.07) is 8.87. The van der Waals surface area contributed by atoms with Gasteiger partial charge in [0, 0.05) is 19.1 Å². The molecule has 2 aromatic carbocycles. The molecule has 4 rings (SSSR count). The second kappa shape index (κ2) is 7.80. The molecule has 6 nitrogen and oxygen atoms in total. The molecule has 0 saturated carbocycles. The first-order valence-electron chi connectivity index (χ1n) is 9.93. The normalized spacial score (nSPS) is 16.3. The average Bonchev–Trinajstić information content (AvgIpc) is 2.68. The van der Waals surface area contributed by atoms with Crippen LogP contribution >= 0.6 is 11.6 Å². The van der Waals surface area contributed by atoms with E-state index in [-0.39, 0.29) is 11.6 Å². The van der Waals surface area contributed by atoms with Crippen LogP contribution in [0.3, 0.4) is 0 Å². The van der Waals surface area contributed by atoms with Crippen molar-refractivity contribution in [2.45, 2.75) is 44.6 Å². The number of sulfonamides is 1. The predicted molar refractivity (Wildman–Crippen MR) is 119 cm³/mol. The van der Waals surface area contributed by atoms with E-state index in [1.54, 1.807) is 22.8 Å². The predicted octanol–water partition coefficient (Wildman–Crippen LogP) is 4.00. The monoisotopic (exact) mass is 445 g/mol. The number of rotatable bonds is 3. The van der Waals surface area contributed by atoms with Crippen LogP contribution in [0.25, 0.3) is 10.9 Å². The minimum Gasteiger partial charge on any atom is -0.296 e. The number of benzene rings is 2. The maximum atomic E-state index is 13.3. The number of para-hydroxylation sites is 1. The number of aryl methyl sites for hydroxylation is 3. The third kappa shape index (κ3) is 3.55. The standard InChI is InChI=1S/C22H24ClN3O3S/c1-14-11-15(2)21(16(3)12-14)30(28,29)25-9-7-17(8-10-25)26-13-24-20-18(22(26)27)5-4-6-19(20)23/h4-6,11-13,17H,7-10H2,1-3H3. The third-order valence-corrected chi connectivity index (χ3v) is 8.29. The van der Waals surface area contributed by atoms with Gasteiger partial charge in [0.25, 0.3) is 5.56 Å². The first kappa shape index (κ1) is 21.0. The van der Waals surface area contributed by atoms with Crippen molar-refractivity contribution in [3.8, 4) is 0 Å². The van der Waals surface area contributed by atoms with E-state index in [1.165, 1.54) is 10.6 Å². The Balaban J connectivity index is 1.60. The molecular weight excluding hydrogens is 422 g/mol. The molecule has 0 amide bonds. The Kier molecular flexibility index (Phi) is 5.46. The van der Waals surface area contributed by atoms with E-state index in [9.17, 15) is 13.2 Å². The summed E-state index contributed by atoms with van der Waals surface area (Å²) in [6.45, 7) is 6.36. The van der Waals surface area contributed by atoms with Crippen LogP contribution in [0.1, 0.15) is 35.6 Å². The largest absolute Gasteiger partial charge is 0.296 e. The van der Waals surface area contributed by atoms with E-state index in [1.807, 2.05) is 32.9 Å². The Morgan fingerprint density at radius 3 is 2.33 bits per heavy atom. The molecule has 0 radical (unpaired) electrons. The summed E-state index contributed by atoms with van der Waals surface area (Å²) >= 11 is 6.15. The molecule has 0 spiro atoms. The summed E-state index contributed by atoms with van der Waals surface area (Å²) in [7, 11) is -3.58. The fourth-order valence-electron chi connectivity index (χ4n) is 4.45. The number of halogens is 1. The maximum absolute atomic E-state index is 13.3. The quantitative estimate of drug-likeness (QED) is 0.610. The molecule has 158 valence electrons. The second-order valence-electron chi connectivity index (χ2n) is 7.96. The molecule has 0 bridgehead atoms. The SMILES string of the molecule is Cc1cc(C)c(S(=O)(=O)N2CCC(n3cnc4c(Cl)cccc4c3=O)CC2)c(C)c1. The molecule has 0 N–H and O–H groups in total. The van der Waals surface area contributed by atoms with Crippen molar-refractivity contribution >= 4 is 32.5 Å².